The maximum atomic E-state index is 6.28. The number of nitrogens with two attached hydrogens (primary N) is 1. The Kier molecular flexibility index (Phi) is 6.53. The standard InChI is InChI=1S/C13H24ClN3S/c1-5-9(3)18-8-11(15)7-12-13(14)10(4)16-17(12)6-2/h9,11H,5-8,15H2,1-4H3. The Hall–Kier alpha value is -0.190. The van der Waals surface area contributed by atoms with E-state index >= 15 is 0 Å². The molecule has 0 radical (unpaired) electrons. The summed E-state index contributed by atoms with van der Waals surface area (Å²) in [6, 6.07) is 0.142. The van der Waals surface area contributed by atoms with Crippen LogP contribution < -0.4 is 5.73 Å². The number of thioether (sulfide) groups is 1. The Morgan fingerprint density at radius 3 is 2.67 bits per heavy atom. The molecule has 2 N–H and O–H groups in total. The normalized spacial score (nSPS) is 14.8. The third kappa shape index (κ3) is 4.18. The minimum Gasteiger partial charge on any atom is -0.327 e. The molecule has 3 nitrogen and oxygen atoms in total. The van der Waals surface area contributed by atoms with E-state index in [-0.39, 0.29) is 6.04 Å². The molecule has 1 aromatic heterocycles. The molecule has 2 atom stereocenters. The third-order valence-corrected chi connectivity index (χ3v) is 5.09. The van der Waals surface area contributed by atoms with E-state index in [1.54, 1.807) is 0 Å². The maximum absolute atomic E-state index is 6.28. The van der Waals surface area contributed by atoms with Gasteiger partial charge in [-0.3, -0.25) is 4.68 Å². The SMILES string of the molecule is CCC(C)SCC(N)Cc1c(Cl)c(C)nn1CC. The first-order valence-electron chi connectivity index (χ1n) is 6.58. The Bertz CT molecular complexity index is 379. The molecule has 0 spiro atoms. The first-order chi connectivity index (χ1) is 8.49. The van der Waals surface area contributed by atoms with Gasteiger partial charge in [0.25, 0.3) is 0 Å². The van der Waals surface area contributed by atoms with Crippen LogP contribution >= 0.6 is 23.4 Å². The van der Waals surface area contributed by atoms with Crippen LogP contribution in [-0.4, -0.2) is 26.8 Å². The first kappa shape index (κ1) is 15.9. The van der Waals surface area contributed by atoms with Gasteiger partial charge in [-0.25, -0.2) is 0 Å². The van der Waals surface area contributed by atoms with Gasteiger partial charge in [-0.05, 0) is 20.3 Å². The fraction of sp³-hybridized carbons (Fsp3) is 0.769. The Morgan fingerprint density at radius 2 is 2.11 bits per heavy atom. The minimum absolute atomic E-state index is 0.142. The van der Waals surface area contributed by atoms with Crippen molar-refractivity contribution < 1.29 is 0 Å². The summed E-state index contributed by atoms with van der Waals surface area (Å²) < 4.78 is 1.96. The van der Waals surface area contributed by atoms with Gasteiger partial charge >= 0.3 is 0 Å². The molecule has 1 heterocycles. The average Bonchev–Trinajstić information content (AvgIpc) is 2.63. The van der Waals surface area contributed by atoms with Gasteiger partial charge in [0.2, 0.25) is 0 Å². The number of halogens is 1. The van der Waals surface area contributed by atoms with Crippen molar-refractivity contribution in [2.75, 3.05) is 5.75 Å². The topological polar surface area (TPSA) is 43.8 Å². The van der Waals surface area contributed by atoms with Crippen molar-refractivity contribution in [1.29, 1.82) is 0 Å². The van der Waals surface area contributed by atoms with Crippen LogP contribution in [0.4, 0.5) is 0 Å². The molecule has 0 aliphatic heterocycles. The van der Waals surface area contributed by atoms with Gasteiger partial charge in [-0.15, -0.1) is 0 Å². The smallest absolute Gasteiger partial charge is 0.0847 e. The van der Waals surface area contributed by atoms with Gasteiger partial charge in [0.15, 0.2) is 0 Å². The van der Waals surface area contributed by atoms with Crippen molar-refractivity contribution >= 4 is 23.4 Å². The summed E-state index contributed by atoms with van der Waals surface area (Å²) in [5.74, 6) is 0.972. The molecule has 5 heteroatoms. The lowest BCUT2D eigenvalue weighted by Crippen LogP contribution is -2.28. The molecule has 0 bridgehead atoms. The maximum Gasteiger partial charge on any atom is 0.0847 e. The van der Waals surface area contributed by atoms with Crippen LogP contribution in [0.25, 0.3) is 0 Å². The second-order valence-electron chi connectivity index (χ2n) is 4.68. The highest BCUT2D eigenvalue weighted by molar-refractivity contribution is 7.99. The molecule has 0 aliphatic carbocycles. The van der Waals surface area contributed by atoms with Gasteiger partial charge in [-0.1, -0.05) is 25.4 Å². The van der Waals surface area contributed by atoms with Crippen LogP contribution in [0.3, 0.4) is 0 Å². The van der Waals surface area contributed by atoms with Crippen molar-refractivity contribution in [3.8, 4) is 0 Å². The molecule has 1 rings (SSSR count). The average molecular weight is 290 g/mol. The lowest BCUT2D eigenvalue weighted by Gasteiger charge is -2.15. The second-order valence-corrected chi connectivity index (χ2v) is 6.53. The van der Waals surface area contributed by atoms with Crippen molar-refractivity contribution in [3.63, 3.8) is 0 Å². The van der Waals surface area contributed by atoms with Crippen LogP contribution in [0.5, 0.6) is 0 Å². The summed E-state index contributed by atoms with van der Waals surface area (Å²) >= 11 is 8.21. The highest BCUT2D eigenvalue weighted by Gasteiger charge is 2.16. The fourth-order valence-electron chi connectivity index (χ4n) is 1.78. The molecule has 0 saturated carbocycles. The lowest BCUT2D eigenvalue weighted by atomic mass is 10.2. The predicted octanol–water partition coefficient (Wildman–Crippen LogP) is 3.27. The molecule has 0 amide bonds. The van der Waals surface area contributed by atoms with Crippen LogP contribution in [0, 0.1) is 6.92 Å². The Morgan fingerprint density at radius 1 is 1.44 bits per heavy atom. The zero-order valence-electron chi connectivity index (χ0n) is 11.7. The quantitative estimate of drug-likeness (QED) is 0.838. The second kappa shape index (κ2) is 7.41. The zero-order valence-corrected chi connectivity index (χ0v) is 13.3. The molecule has 0 aliphatic rings. The monoisotopic (exact) mass is 289 g/mol. The zero-order chi connectivity index (χ0) is 13.7. The molecule has 18 heavy (non-hydrogen) atoms. The summed E-state index contributed by atoms with van der Waals surface area (Å²) in [7, 11) is 0. The molecule has 2 unspecified atom stereocenters. The number of hydrogen-bond acceptors (Lipinski definition) is 3. The lowest BCUT2D eigenvalue weighted by molar-refractivity contribution is 0.594. The molecular formula is C13H24ClN3S. The van der Waals surface area contributed by atoms with E-state index < -0.39 is 0 Å². The molecule has 1 aromatic rings. The summed E-state index contributed by atoms with van der Waals surface area (Å²) in [4.78, 5) is 0. The summed E-state index contributed by atoms with van der Waals surface area (Å²) in [5.41, 5.74) is 8.17. The van der Waals surface area contributed by atoms with E-state index in [2.05, 4.69) is 25.9 Å². The molecule has 104 valence electrons. The van der Waals surface area contributed by atoms with Gasteiger partial charge in [0.05, 0.1) is 16.4 Å². The highest BCUT2D eigenvalue weighted by Crippen LogP contribution is 2.23. The molecule has 0 fully saturated rings. The van der Waals surface area contributed by atoms with Gasteiger partial charge in [0, 0.05) is 30.0 Å². The molecule has 0 saturated heterocycles. The first-order valence-corrected chi connectivity index (χ1v) is 8.01. The minimum atomic E-state index is 0.142. The summed E-state index contributed by atoms with van der Waals surface area (Å²) in [6.07, 6.45) is 1.99. The summed E-state index contributed by atoms with van der Waals surface area (Å²) in [6.45, 7) is 9.30. The number of nitrogens with zero attached hydrogens (tertiary/aromatic N) is 2. The van der Waals surface area contributed by atoms with Gasteiger partial charge < -0.3 is 5.73 Å². The van der Waals surface area contributed by atoms with Crippen LogP contribution in [-0.2, 0) is 13.0 Å². The van der Waals surface area contributed by atoms with Crippen molar-refractivity contribution in [2.45, 2.75) is 58.4 Å². The molecule has 0 aromatic carbocycles. The van der Waals surface area contributed by atoms with Crippen LogP contribution in [0.15, 0.2) is 0 Å². The van der Waals surface area contributed by atoms with Crippen molar-refractivity contribution in [2.24, 2.45) is 5.73 Å². The fourth-order valence-corrected chi connectivity index (χ4v) is 2.92. The van der Waals surface area contributed by atoms with Gasteiger partial charge in [-0.2, -0.15) is 16.9 Å². The van der Waals surface area contributed by atoms with E-state index in [4.69, 9.17) is 17.3 Å². The number of rotatable bonds is 7. The Labute approximate surface area is 119 Å². The van der Waals surface area contributed by atoms with E-state index in [9.17, 15) is 0 Å². The number of aromatic nitrogens is 2. The van der Waals surface area contributed by atoms with Crippen LogP contribution in [0.1, 0.15) is 38.6 Å². The summed E-state index contributed by atoms with van der Waals surface area (Å²) in [5, 5.41) is 5.86. The highest BCUT2D eigenvalue weighted by atomic mass is 35.5. The van der Waals surface area contributed by atoms with Crippen molar-refractivity contribution in [1.82, 2.24) is 9.78 Å². The largest absolute Gasteiger partial charge is 0.327 e. The van der Waals surface area contributed by atoms with E-state index in [1.807, 2.05) is 23.4 Å². The van der Waals surface area contributed by atoms with Crippen LogP contribution in [0.2, 0.25) is 5.02 Å². The van der Waals surface area contributed by atoms with Crippen molar-refractivity contribution in [3.05, 3.63) is 16.4 Å². The van der Waals surface area contributed by atoms with E-state index in [0.717, 1.165) is 35.1 Å². The number of aryl methyl sites for hydroxylation is 2. The Balaban J connectivity index is 2.61. The third-order valence-electron chi connectivity index (χ3n) is 3.08. The van der Waals surface area contributed by atoms with Gasteiger partial charge in [0.1, 0.15) is 0 Å². The number of hydrogen-bond donors (Lipinski definition) is 1. The predicted molar refractivity (Wildman–Crippen MR) is 81.5 cm³/mol. The molecular weight excluding hydrogens is 266 g/mol. The van der Waals surface area contributed by atoms with E-state index in [0.29, 0.717) is 5.25 Å². The van der Waals surface area contributed by atoms with E-state index in [1.165, 1.54) is 6.42 Å².